The van der Waals surface area contributed by atoms with E-state index in [0.29, 0.717) is 24.3 Å². The smallest absolute Gasteiger partial charge is 0.460 e. The van der Waals surface area contributed by atoms with Gasteiger partial charge in [0.1, 0.15) is 5.75 Å². The van der Waals surface area contributed by atoms with E-state index in [4.69, 9.17) is 0 Å². The molecule has 0 N–H and O–H groups in total. The maximum atomic E-state index is 13.8. The van der Waals surface area contributed by atoms with E-state index >= 15 is 0 Å². The molecule has 1 aromatic rings. The number of benzene rings is 1. The number of hydrogen-bond acceptors (Lipinski definition) is 3. The van der Waals surface area contributed by atoms with Gasteiger partial charge in [-0.2, -0.15) is 92.2 Å². The van der Waals surface area contributed by atoms with Gasteiger partial charge in [0.25, 0.3) is 5.69 Å². The van der Waals surface area contributed by atoms with Crippen LogP contribution in [0.25, 0.3) is 0 Å². The molecule has 25 heteroatoms. The van der Waals surface area contributed by atoms with Crippen molar-refractivity contribution in [3.63, 3.8) is 0 Å². The van der Waals surface area contributed by atoms with Gasteiger partial charge in [0.15, 0.2) is 0 Å². The fourth-order valence-corrected chi connectivity index (χ4v) is 2.71. The molecule has 0 spiro atoms. The summed E-state index contributed by atoms with van der Waals surface area (Å²) in [6.07, 6.45) is -11.0. The molecule has 0 saturated heterocycles. The van der Waals surface area contributed by atoms with Crippen LogP contribution in [0.15, 0.2) is 24.3 Å². The molecule has 43 heavy (non-hydrogen) atoms. The van der Waals surface area contributed by atoms with Gasteiger partial charge in [0.05, 0.1) is 18.0 Å². The summed E-state index contributed by atoms with van der Waals surface area (Å²) in [4.78, 5) is 9.41. The third-order valence-corrected chi connectivity index (χ3v) is 5.31. The molecule has 0 aromatic heterocycles. The van der Waals surface area contributed by atoms with Gasteiger partial charge in [-0.05, 0) is 12.1 Å². The molecule has 4 nitrogen and oxygen atoms in total. The Bertz CT molecular complexity index is 1160. The number of non-ortho nitro benzene ring substituents is 1. The zero-order chi connectivity index (χ0) is 34.7. The van der Waals surface area contributed by atoms with Crippen molar-refractivity contribution < 1.29 is 102 Å². The average Bonchev–Trinajstić information content (AvgIpc) is 2.82. The second kappa shape index (κ2) is 10.5. The highest BCUT2D eigenvalue weighted by Crippen LogP contribution is 2.66. The molecule has 0 heterocycles. The predicted octanol–water partition coefficient (Wildman–Crippen LogP) is 8.64. The number of alkyl halides is 21. The molecule has 0 bridgehead atoms. The first kappa shape index (κ1) is 38.0. The Labute approximate surface area is 221 Å². The minimum atomic E-state index is -9.23. The Hall–Kier alpha value is -3.05. The van der Waals surface area contributed by atoms with Gasteiger partial charge >= 0.3 is 59.5 Å². The van der Waals surface area contributed by atoms with Crippen LogP contribution in [0.4, 0.5) is 97.9 Å². The molecule has 0 fully saturated rings. The normalized spacial score (nSPS) is 15.5. The van der Waals surface area contributed by atoms with Crippen LogP contribution in [0, 0.1) is 10.1 Å². The third-order valence-electron chi connectivity index (χ3n) is 5.31. The molecule has 0 atom stereocenters. The third kappa shape index (κ3) is 5.43. The maximum absolute atomic E-state index is 13.8. The lowest BCUT2D eigenvalue weighted by molar-refractivity contribution is -0.474. The largest absolute Gasteiger partial charge is 0.493 e. The van der Waals surface area contributed by atoms with Crippen molar-refractivity contribution in [1.29, 1.82) is 0 Å². The van der Waals surface area contributed by atoms with Gasteiger partial charge in [-0.3, -0.25) is 10.1 Å². The zero-order valence-electron chi connectivity index (χ0n) is 19.3. The topological polar surface area (TPSA) is 52.4 Å². The van der Waals surface area contributed by atoms with E-state index in [1.165, 1.54) is 0 Å². The first-order valence-corrected chi connectivity index (χ1v) is 9.98. The van der Waals surface area contributed by atoms with Crippen LogP contribution in [0.5, 0.6) is 5.75 Å². The van der Waals surface area contributed by atoms with Crippen LogP contribution < -0.4 is 4.74 Å². The van der Waals surface area contributed by atoms with Crippen LogP contribution in [-0.4, -0.2) is 71.0 Å². The SMILES string of the molecule is O=[N+]([O-])c1ccc(OCCC(F)(F)C(F)(F)C(F)(F)C(F)(F)C(F)(F)C(F)(F)C(F)(F)C(F)(F)C(F)(F)C(F)(F)F)cc1. The lowest BCUT2D eigenvalue weighted by atomic mass is 9.86. The quantitative estimate of drug-likeness (QED) is 0.119. The number of nitrogens with zero attached hydrogens (tertiary/aromatic N) is 1. The molecule has 0 aliphatic carbocycles. The van der Waals surface area contributed by atoms with E-state index in [9.17, 15) is 102 Å². The van der Waals surface area contributed by atoms with Gasteiger partial charge in [0, 0.05) is 12.1 Å². The molecule has 1 aromatic carbocycles. The molecule has 250 valence electrons. The number of nitro benzene ring substituents is 1. The summed E-state index contributed by atoms with van der Waals surface area (Å²) in [6.45, 7) is -1.99. The predicted molar refractivity (Wildman–Crippen MR) is 93.8 cm³/mol. The highest BCUT2D eigenvalue weighted by atomic mass is 19.4. The van der Waals surface area contributed by atoms with Crippen LogP contribution in [0.2, 0.25) is 0 Å². The minimum Gasteiger partial charge on any atom is -0.493 e. The Balaban J connectivity index is 3.48. The van der Waals surface area contributed by atoms with Crippen LogP contribution in [-0.2, 0) is 0 Å². The highest BCUT2D eigenvalue weighted by Gasteiger charge is 2.97. The van der Waals surface area contributed by atoms with E-state index in [-0.39, 0.29) is 0 Å². The molecule has 0 saturated carbocycles. The number of nitro groups is 1. The molecule has 0 radical (unpaired) electrons. The molecular weight excluding hydrogens is 677 g/mol. The van der Waals surface area contributed by atoms with Gasteiger partial charge in [-0.1, -0.05) is 0 Å². The number of rotatable bonds is 13. The number of hydrogen-bond donors (Lipinski definition) is 0. The molecule has 0 aliphatic heterocycles. The monoisotopic (exact) mass is 685 g/mol. The van der Waals surface area contributed by atoms with E-state index in [2.05, 4.69) is 4.74 Å². The summed E-state index contributed by atoms with van der Waals surface area (Å²) in [5.74, 6) is -78.3. The van der Waals surface area contributed by atoms with E-state index in [1.807, 2.05) is 0 Å². The van der Waals surface area contributed by atoms with Crippen LogP contribution in [0.1, 0.15) is 6.42 Å². The lowest BCUT2D eigenvalue weighted by Gasteiger charge is -2.44. The average molecular weight is 685 g/mol. The van der Waals surface area contributed by atoms with Crippen molar-refractivity contribution in [2.75, 3.05) is 6.61 Å². The van der Waals surface area contributed by atoms with Crippen molar-refractivity contribution >= 4 is 5.69 Å². The van der Waals surface area contributed by atoms with E-state index in [0.717, 1.165) is 0 Å². The fourth-order valence-electron chi connectivity index (χ4n) is 2.71. The molecule has 0 amide bonds. The Morgan fingerprint density at radius 1 is 0.512 bits per heavy atom. The van der Waals surface area contributed by atoms with Crippen LogP contribution in [0.3, 0.4) is 0 Å². The van der Waals surface area contributed by atoms with Gasteiger partial charge in [0.2, 0.25) is 0 Å². The second-order valence-corrected chi connectivity index (χ2v) is 8.15. The van der Waals surface area contributed by atoms with Gasteiger partial charge in [-0.25, -0.2) is 0 Å². The van der Waals surface area contributed by atoms with Crippen molar-refractivity contribution in [1.82, 2.24) is 0 Å². The lowest BCUT2D eigenvalue weighted by Crippen LogP contribution is -2.76. The number of halogens is 21. The van der Waals surface area contributed by atoms with Gasteiger partial charge < -0.3 is 4.74 Å². The first-order valence-electron chi connectivity index (χ1n) is 9.98. The summed E-state index contributed by atoms with van der Waals surface area (Å²) in [6, 6.07) is 2.25. The Kier molecular flexibility index (Phi) is 9.31. The fraction of sp³-hybridized carbons (Fsp3) is 0.667. The Morgan fingerprint density at radius 2 is 0.814 bits per heavy atom. The summed E-state index contributed by atoms with van der Waals surface area (Å²) in [7, 11) is 0. The molecular formula is C18H8F21NO3. The standard InChI is InChI=1S/C18H8F21NO3/c19-9(20,5-6-43-8-3-1-7(2-4-8)40(41)42)10(21,22)11(23,24)12(25,26)13(27,28)14(29,30)15(31,32)16(33,34)17(35,36)18(37,38)39/h1-4H,5-6H2. The van der Waals surface area contributed by atoms with E-state index < -0.39 is 88.9 Å². The summed E-state index contributed by atoms with van der Waals surface area (Å²) in [5.41, 5.74) is -0.700. The first-order chi connectivity index (χ1) is 18.6. The van der Waals surface area contributed by atoms with Crippen molar-refractivity contribution in [3.8, 4) is 5.75 Å². The Morgan fingerprint density at radius 3 is 1.12 bits per heavy atom. The molecule has 1 rings (SSSR count). The van der Waals surface area contributed by atoms with Crippen molar-refractivity contribution in [2.24, 2.45) is 0 Å². The maximum Gasteiger partial charge on any atom is 0.460 e. The summed E-state index contributed by atoms with van der Waals surface area (Å²) < 4.78 is 284. The summed E-state index contributed by atoms with van der Waals surface area (Å²) in [5, 5.41) is 10.5. The van der Waals surface area contributed by atoms with Gasteiger partial charge in [-0.15, -0.1) is 0 Å². The van der Waals surface area contributed by atoms with E-state index in [1.54, 1.807) is 0 Å². The van der Waals surface area contributed by atoms with Crippen LogP contribution >= 0.6 is 0 Å². The number of ether oxygens (including phenoxy) is 1. The summed E-state index contributed by atoms with van der Waals surface area (Å²) >= 11 is 0. The van der Waals surface area contributed by atoms with Crippen molar-refractivity contribution in [2.45, 2.75) is 65.9 Å². The zero-order valence-corrected chi connectivity index (χ0v) is 19.3. The minimum absolute atomic E-state index is 0.554. The molecule has 0 aliphatic rings. The highest BCUT2D eigenvalue weighted by molar-refractivity contribution is 5.36. The molecule has 0 unspecified atom stereocenters. The van der Waals surface area contributed by atoms with Crippen molar-refractivity contribution in [3.05, 3.63) is 34.4 Å². The second-order valence-electron chi connectivity index (χ2n) is 8.15.